The van der Waals surface area contributed by atoms with Crippen molar-refractivity contribution in [2.75, 3.05) is 0 Å². The molecule has 0 saturated heterocycles. The molecular weight excluding hydrogens is 152 g/mol. The molecule has 0 radical (unpaired) electrons. The molecule has 0 spiro atoms. The van der Waals surface area contributed by atoms with Crippen LogP contribution in [0.4, 0.5) is 0 Å². The summed E-state index contributed by atoms with van der Waals surface area (Å²) in [6, 6.07) is 0. The Morgan fingerprint density at radius 3 is 1.91 bits per heavy atom. The van der Waals surface area contributed by atoms with Gasteiger partial charge in [0.05, 0.1) is 0 Å². The molecule has 60 valence electrons. The quantitative estimate of drug-likeness (QED) is 0.427. The van der Waals surface area contributed by atoms with E-state index in [0.29, 0.717) is 0 Å². The Labute approximate surface area is 62.0 Å². The summed E-state index contributed by atoms with van der Waals surface area (Å²) in [5, 5.41) is 8.03. The highest BCUT2D eigenvalue weighted by atomic mass is 16.4. The van der Waals surface area contributed by atoms with E-state index in [-0.39, 0.29) is 0 Å². The van der Waals surface area contributed by atoms with Crippen LogP contribution in [0.25, 0.3) is 0 Å². The van der Waals surface area contributed by atoms with Crippen LogP contribution in [0.3, 0.4) is 0 Å². The van der Waals surface area contributed by atoms with Crippen LogP contribution in [-0.4, -0.2) is 28.4 Å². The number of carboxylic acid groups (broad SMARTS) is 1. The maximum atomic E-state index is 10.4. The lowest BCUT2D eigenvalue weighted by molar-refractivity contribution is -0.147. The number of hydrogen-bond donors (Lipinski definition) is 1. The Kier molecular flexibility index (Phi) is 3.10. The lowest BCUT2D eigenvalue weighted by Gasteiger charge is -1.89. The summed E-state index contributed by atoms with van der Waals surface area (Å²) >= 11 is 0. The minimum Gasteiger partial charge on any atom is -0.481 e. The topological polar surface area (TPSA) is 88.5 Å². The van der Waals surface area contributed by atoms with Gasteiger partial charge in [-0.05, 0) is 0 Å². The zero-order valence-electron chi connectivity index (χ0n) is 5.79. The van der Waals surface area contributed by atoms with Crippen molar-refractivity contribution in [3.63, 3.8) is 0 Å². The molecule has 5 heteroatoms. The molecule has 0 atom stereocenters. The zero-order valence-corrected chi connectivity index (χ0v) is 5.79. The molecule has 0 aliphatic rings. The molecule has 0 fully saturated rings. The van der Waals surface area contributed by atoms with Gasteiger partial charge in [-0.2, -0.15) is 0 Å². The fourth-order valence-electron chi connectivity index (χ4n) is 0.414. The van der Waals surface area contributed by atoms with Crippen LogP contribution < -0.4 is 0 Å². The predicted octanol–water partition coefficient (Wildman–Crippen LogP) is -0.812. The highest BCUT2D eigenvalue weighted by molar-refractivity contribution is 6.64. The Balaban J connectivity index is 4.16. The first-order valence-electron chi connectivity index (χ1n) is 2.75. The van der Waals surface area contributed by atoms with Crippen LogP contribution >= 0.6 is 0 Å². The van der Waals surface area contributed by atoms with Crippen molar-refractivity contribution < 1.29 is 24.3 Å². The number of carboxylic acids is 1. The van der Waals surface area contributed by atoms with Gasteiger partial charge in [-0.3, -0.25) is 19.2 Å². The Hall–Kier alpha value is -1.52. The van der Waals surface area contributed by atoms with Crippen molar-refractivity contribution in [2.24, 2.45) is 0 Å². The molecule has 0 aromatic rings. The second kappa shape index (κ2) is 3.60. The fraction of sp³-hybridized carbons (Fsp3) is 0.333. The van der Waals surface area contributed by atoms with E-state index in [0.717, 1.165) is 6.92 Å². The number of ketones is 3. The summed E-state index contributed by atoms with van der Waals surface area (Å²) in [5.41, 5.74) is 0. The summed E-state index contributed by atoms with van der Waals surface area (Å²) in [7, 11) is 0. The molecule has 0 bridgehead atoms. The van der Waals surface area contributed by atoms with Gasteiger partial charge in [-0.1, -0.05) is 0 Å². The van der Waals surface area contributed by atoms with Crippen LogP contribution in [-0.2, 0) is 19.2 Å². The van der Waals surface area contributed by atoms with E-state index in [4.69, 9.17) is 5.11 Å². The van der Waals surface area contributed by atoms with Gasteiger partial charge in [0, 0.05) is 6.92 Å². The number of aliphatic carboxylic acids is 1. The maximum Gasteiger partial charge on any atom is 0.311 e. The number of hydrogen-bond acceptors (Lipinski definition) is 4. The molecule has 0 aromatic carbocycles. The average molecular weight is 158 g/mol. The molecule has 0 rings (SSSR count). The first kappa shape index (κ1) is 9.48. The van der Waals surface area contributed by atoms with Gasteiger partial charge in [-0.25, -0.2) is 0 Å². The van der Waals surface area contributed by atoms with Gasteiger partial charge in [0.25, 0.3) is 5.78 Å². The predicted molar refractivity (Wildman–Crippen MR) is 32.9 cm³/mol. The standard InChI is InChI=1S/C6H6O5/c1-3(7)6(11)4(8)2-5(9)10/h2H2,1H3,(H,9,10). The lowest BCUT2D eigenvalue weighted by atomic mass is 10.1. The van der Waals surface area contributed by atoms with E-state index in [1.165, 1.54) is 0 Å². The third-order valence-corrected chi connectivity index (χ3v) is 0.885. The highest BCUT2D eigenvalue weighted by Crippen LogP contribution is 1.86. The average Bonchev–Trinajstić information content (AvgIpc) is 1.84. The maximum absolute atomic E-state index is 10.4. The van der Waals surface area contributed by atoms with E-state index in [9.17, 15) is 19.2 Å². The molecular formula is C6H6O5. The minimum absolute atomic E-state index is 0.918. The van der Waals surface area contributed by atoms with Crippen LogP contribution in [0.1, 0.15) is 13.3 Å². The molecule has 0 aliphatic carbocycles. The number of rotatable bonds is 4. The van der Waals surface area contributed by atoms with Gasteiger partial charge in [0.1, 0.15) is 6.42 Å². The van der Waals surface area contributed by atoms with Gasteiger partial charge >= 0.3 is 5.97 Å². The first-order valence-corrected chi connectivity index (χ1v) is 2.75. The first-order chi connectivity index (χ1) is 4.95. The molecule has 5 nitrogen and oxygen atoms in total. The number of carbonyl (C=O) groups is 4. The Morgan fingerprint density at radius 2 is 1.64 bits per heavy atom. The van der Waals surface area contributed by atoms with Gasteiger partial charge in [0.2, 0.25) is 11.6 Å². The minimum atomic E-state index is -1.41. The lowest BCUT2D eigenvalue weighted by Crippen LogP contribution is -2.23. The van der Waals surface area contributed by atoms with Crippen LogP contribution in [0.15, 0.2) is 0 Å². The summed E-state index contributed by atoms with van der Waals surface area (Å²) in [5.74, 6) is -4.78. The largest absolute Gasteiger partial charge is 0.481 e. The fourth-order valence-corrected chi connectivity index (χ4v) is 0.414. The second-order valence-corrected chi connectivity index (χ2v) is 1.88. The zero-order chi connectivity index (χ0) is 9.02. The summed E-state index contributed by atoms with van der Waals surface area (Å²) in [6.45, 7) is 0.919. The molecule has 1 N–H and O–H groups in total. The monoisotopic (exact) mass is 158 g/mol. The molecule has 0 amide bonds. The van der Waals surface area contributed by atoms with E-state index < -0.39 is 29.7 Å². The van der Waals surface area contributed by atoms with E-state index in [1.807, 2.05) is 0 Å². The Bertz CT molecular complexity index is 227. The van der Waals surface area contributed by atoms with Gasteiger partial charge < -0.3 is 5.11 Å². The highest BCUT2D eigenvalue weighted by Gasteiger charge is 2.20. The van der Waals surface area contributed by atoms with Gasteiger partial charge in [0.15, 0.2) is 0 Å². The third kappa shape index (κ3) is 3.24. The molecule has 0 aliphatic heterocycles. The number of Topliss-reactive ketones (excluding diaryl/α,β-unsaturated/α-hetero) is 3. The summed E-state index contributed by atoms with van der Waals surface area (Å²) < 4.78 is 0. The third-order valence-electron chi connectivity index (χ3n) is 0.885. The SMILES string of the molecule is CC(=O)C(=O)C(=O)CC(=O)O. The van der Waals surface area contributed by atoms with Crippen molar-refractivity contribution in [2.45, 2.75) is 13.3 Å². The summed E-state index contributed by atoms with van der Waals surface area (Å²) in [4.78, 5) is 40.9. The van der Waals surface area contributed by atoms with Gasteiger partial charge in [-0.15, -0.1) is 0 Å². The van der Waals surface area contributed by atoms with E-state index in [1.54, 1.807) is 0 Å². The molecule has 0 aromatic heterocycles. The molecule has 0 unspecified atom stereocenters. The van der Waals surface area contributed by atoms with E-state index >= 15 is 0 Å². The van der Waals surface area contributed by atoms with E-state index in [2.05, 4.69) is 0 Å². The van der Waals surface area contributed by atoms with Crippen LogP contribution in [0.2, 0.25) is 0 Å². The van der Waals surface area contributed by atoms with Crippen molar-refractivity contribution in [1.29, 1.82) is 0 Å². The number of carbonyl (C=O) groups excluding carboxylic acids is 3. The van der Waals surface area contributed by atoms with Crippen LogP contribution in [0.5, 0.6) is 0 Å². The Morgan fingerprint density at radius 1 is 1.18 bits per heavy atom. The molecule has 11 heavy (non-hydrogen) atoms. The smallest absolute Gasteiger partial charge is 0.311 e. The molecule has 0 heterocycles. The van der Waals surface area contributed by atoms with Crippen molar-refractivity contribution in [3.05, 3.63) is 0 Å². The van der Waals surface area contributed by atoms with Crippen LogP contribution in [0, 0.1) is 0 Å². The summed E-state index contributed by atoms with van der Waals surface area (Å²) in [6.07, 6.45) is -0.918. The molecule has 0 saturated carbocycles. The van der Waals surface area contributed by atoms with Crippen molar-refractivity contribution in [3.8, 4) is 0 Å². The normalized spacial score (nSPS) is 8.82. The van der Waals surface area contributed by atoms with Crippen molar-refractivity contribution in [1.82, 2.24) is 0 Å². The van der Waals surface area contributed by atoms with Crippen molar-refractivity contribution >= 4 is 23.3 Å². The second-order valence-electron chi connectivity index (χ2n) is 1.88.